The summed E-state index contributed by atoms with van der Waals surface area (Å²) in [6, 6.07) is 22.0. The van der Waals surface area contributed by atoms with Crippen LogP contribution in [0.2, 0.25) is 0 Å². The van der Waals surface area contributed by atoms with Gasteiger partial charge in [-0.1, -0.05) is 24.3 Å². The van der Waals surface area contributed by atoms with Gasteiger partial charge < -0.3 is 10.1 Å². The van der Waals surface area contributed by atoms with Crippen LogP contribution in [0, 0.1) is 0 Å². The van der Waals surface area contributed by atoms with Crippen molar-refractivity contribution in [3.05, 3.63) is 85.3 Å². The van der Waals surface area contributed by atoms with E-state index in [2.05, 4.69) is 49.4 Å². The predicted molar refractivity (Wildman–Crippen MR) is 122 cm³/mol. The van der Waals surface area contributed by atoms with Gasteiger partial charge in [0.1, 0.15) is 11.4 Å². The van der Waals surface area contributed by atoms with Crippen LogP contribution in [0.1, 0.15) is 0 Å². The highest BCUT2D eigenvalue weighted by Crippen LogP contribution is 2.35. The Morgan fingerprint density at radius 2 is 1.74 bits per heavy atom. The molecule has 31 heavy (non-hydrogen) atoms. The molecule has 0 aliphatic rings. The SMILES string of the molecule is Oc1cncc(-c2ccc3[nH]nc(-c4cc5c(-c6ccccn6)cccc5[nH]4)c3c2)c1. The van der Waals surface area contributed by atoms with Gasteiger partial charge >= 0.3 is 0 Å². The van der Waals surface area contributed by atoms with E-state index in [1.165, 1.54) is 6.20 Å². The molecule has 0 spiro atoms. The summed E-state index contributed by atoms with van der Waals surface area (Å²) in [7, 11) is 0. The molecule has 0 unspecified atom stereocenters. The molecule has 148 valence electrons. The lowest BCUT2D eigenvalue weighted by Crippen LogP contribution is -1.82. The molecule has 2 aromatic carbocycles. The Balaban J connectivity index is 1.51. The number of benzene rings is 2. The minimum Gasteiger partial charge on any atom is -0.506 e. The van der Waals surface area contributed by atoms with E-state index in [-0.39, 0.29) is 5.75 Å². The van der Waals surface area contributed by atoms with Crippen LogP contribution in [-0.4, -0.2) is 30.3 Å². The zero-order chi connectivity index (χ0) is 20.8. The number of aromatic nitrogens is 5. The molecule has 0 saturated heterocycles. The Hall–Kier alpha value is -4.45. The molecule has 4 aromatic heterocycles. The minimum absolute atomic E-state index is 0.141. The van der Waals surface area contributed by atoms with E-state index in [0.29, 0.717) is 0 Å². The van der Waals surface area contributed by atoms with Gasteiger partial charge in [0, 0.05) is 39.8 Å². The summed E-state index contributed by atoms with van der Waals surface area (Å²) in [5.74, 6) is 0.141. The highest BCUT2D eigenvalue weighted by molar-refractivity contribution is 6.01. The van der Waals surface area contributed by atoms with Gasteiger partial charge in [0.25, 0.3) is 0 Å². The quantitative estimate of drug-likeness (QED) is 0.362. The monoisotopic (exact) mass is 403 g/mol. The first-order valence-electron chi connectivity index (χ1n) is 9.92. The summed E-state index contributed by atoms with van der Waals surface area (Å²) < 4.78 is 0. The normalized spacial score (nSPS) is 11.4. The van der Waals surface area contributed by atoms with E-state index < -0.39 is 0 Å². The maximum atomic E-state index is 9.79. The molecule has 0 radical (unpaired) electrons. The first-order valence-corrected chi connectivity index (χ1v) is 9.92. The Morgan fingerprint density at radius 1 is 0.774 bits per heavy atom. The van der Waals surface area contributed by atoms with Gasteiger partial charge in [-0.05, 0) is 48.0 Å². The average molecular weight is 403 g/mol. The molecule has 3 N–H and O–H groups in total. The molecule has 0 bridgehead atoms. The van der Waals surface area contributed by atoms with Crippen LogP contribution in [0.25, 0.3) is 55.6 Å². The molecule has 6 rings (SSSR count). The zero-order valence-electron chi connectivity index (χ0n) is 16.4. The highest BCUT2D eigenvalue weighted by Gasteiger charge is 2.14. The molecule has 0 aliphatic carbocycles. The fraction of sp³-hybridized carbons (Fsp3) is 0. The predicted octanol–water partition coefficient (Wildman–Crippen LogP) is 5.54. The van der Waals surface area contributed by atoms with Crippen LogP contribution in [0.4, 0.5) is 0 Å². The fourth-order valence-corrected chi connectivity index (χ4v) is 4.01. The lowest BCUT2D eigenvalue weighted by Gasteiger charge is -2.02. The molecule has 4 heterocycles. The third-order valence-electron chi connectivity index (χ3n) is 5.48. The van der Waals surface area contributed by atoms with Crippen molar-refractivity contribution in [1.29, 1.82) is 0 Å². The number of hydrogen-bond donors (Lipinski definition) is 3. The summed E-state index contributed by atoms with van der Waals surface area (Å²) in [5.41, 5.74) is 7.56. The molecule has 0 aliphatic heterocycles. The van der Waals surface area contributed by atoms with E-state index >= 15 is 0 Å². The molecular formula is C25H17N5O. The zero-order valence-corrected chi connectivity index (χ0v) is 16.4. The van der Waals surface area contributed by atoms with Gasteiger partial charge in [-0.3, -0.25) is 15.1 Å². The van der Waals surface area contributed by atoms with E-state index in [9.17, 15) is 5.11 Å². The van der Waals surface area contributed by atoms with Gasteiger partial charge in [0.05, 0.1) is 23.1 Å². The lowest BCUT2D eigenvalue weighted by molar-refractivity contribution is 0.473. The average Bonchev–Trinajstić information content (AvgIpc) is 3.43. The molecule has 0 saturated carbocycles. The smallest absolute Gasteiger partial charge is 0.134 e. The van der Waals surface area contributed by atoms with Crippen LogP contribution in [0.15, 0.2) is 85.3 Å². The van der Waals surface area contributed by atoms with Crippen LogP contribution in [0.5, 0.6) is 5.75 Å². The molecule has 0 fully saturated rings. The molecule has 0 atom stereocenters. The second-order valence-corrected chi connectivity index (χ2v) is 7.43. The van der Waals surface area contributed by atoms with Crippen LogP contribution >= 0.6 is 0 Å². The van der Waals surface area contributed by atoms with Crippen molar-refractivity contribution in [1.82, 2.24) is 25.1 Å². The maximum absolute atomic E-state index is 9.79. The molecule has 6 heteroatoms. The van der Waals surface area contributed by atoms with Gasteiger partial charge in [-0.15, -0.1) is 0 Å². The Bertz CT molecular complexity index is 1550. The summed E-state index contributed by atoms with van der Waals surface area (Å²) in [4.78, 5) is 12.1. The van der Waals surface area contributed by atoms with Crippen LogP contribution in [-0.2, 0) is 0 Å². The number of fused-ring (bicyclic) bond motifs is 2. The Labute approximate surface area is 177 Å². The summed E-state index contributed by atoms with van der Waals surface area (Å²) in [6.07, 6.45) is 4.97. The molecular weight excluding hydrogens is 386 g/mol. The number of nitrogens with one attached hydrogen (secondary N) is 2. The van der Waals surface area contributed by atoms with E-state index in [1.807, 2.05) is 36.4 Å². The van der Waals surface area contributed by atoms with E-state index in [0.717, 1.165) is 55.6 Å². The molecule has 6 nitrogen and oxygen atoms in total. The standard InChI is InChI=1S/C25H17N5O/c31-17-10-16(13-26-14-17)15-7-8-23-20(11-15)25(30-29-23)24-12-19-18(4-3-6-22(19)28-24)21-5-1-2-9-27-21/h1-14,28,31H,(H,29,30). The number of nitrogens with zero attached hydrogens (tertiary/aromatic N) is 3. The van der Waals surface area contributed by atoms with Crippen molar-refractivity contribution in [3.8, 4) is 39.5 Å². The third-order valence-corrected chi connectivity index (χ3v) is 5.48. The second kappa shape index (κ2) is 6.81. The molecule has 6 aromatic rings. The maximum Gasteiger partial charge on any atom is 0.134 e. The van der Waals surface area contributed by atoms with Crippen molar-refractivity contribution in [3.63, 3.8) is 0 Å². The van der Waals surface area contributed by atoms with Gasteiger partial charge in [-0.25, -0.2) is 0 Å². The first kappa shape index (κ1) is 17.4. The summed E-state index contributed by atoms with van der Waals surface area (Å²) >= 11 is 0. The summed E-state index contributed by atoms with van der Waals surface area (Å²) in [5, 5.41) is 19.6. The number of rotatable bonds is 3. The number of pyridine rings is 2. The lowest BCUT2D eigenvalue weighted by atomic mass is 10.0. The van der Waals surface area contributed by atoms with E-state index in [1.54, 1.807) is 18.5 Å². The Kier molecular flexibility index (Phi) is 3.83. The number of aromatic amines is 2. The van der Waals surface area contributed by atoms with Gasteiger partial charge in [0.15, 0.2) is 0 Å². The second-order valence-electron chi connectivity index (χ2n) is 7.43. The topological polar surface area (TPSA) is 90.5 Å². The number of H-pyrrole nitrogens is 2. The molecule has 0 amide bonds. The Morgan fingerprint density at radius 3 is 2.61 bits per heavy atom. The van der Waals surface area contributed by atoms with Crippen molar-refractivity contribution in [2.45, 2.75) is 0 Å². The largest absolute Gasteiger partial charge is 0.506 e. The van der Waals surface area contributed by atoms with Crippen LogP contribution < -0.4 is 0 Å². The van der Waals surface area contributed by atoms with Crippen LogP contribution in [0.3, 0.4) is 0 Å². The van der Waals surface area contributed by atoms with Gasteiger partial charge in [-0.2, -0.15) is 5.10 Å². The number of aromatic hydroxyl groups is 1. The van der Waals surface area contributed by atoms with Crippen molar-refractivity contribution < 1.29 is 5.11 Å². The summed E-state index contributed by atoms with van der Waals surface area (Å²) in [6.45, 7) is 0. The van der Waals surface area contributed by atoms with Crippen molar-refractivity contribution in [2.75, 3.05) is 0 Å². The van der Waals surface area contributed by atoms with Gasteiger partial charge in [0.2, 0.25) is 0 Å². The van der Waals surface area contributed by atoms with Crippen molar-refractivity contribution in [2.24, 2.45) is 0 Å². The fourth-order valence-electron chi connectivity index (χ4n) is 4.01. The van der Waals surface area contributed by atoms with E-state index in [4.69, 9.17) is 0 Å². The third kappa shape index (κ3) is 2.93. The minimum atomic E-state index is 0.141. The van der Waals surface area contributed by atoms with Crippen molar-refractivity contribution >= 4 is 21.8 Å². The number of hydrogen-bond acceptors (Lipinski definition) is 4. The first-order chi connectivity index (χ1) is 15.3. The highest BCUT2D eigenvalue weighted by atomic mass is 16.3.